The number of carbonyl (C=O) groups excluding carboxylic acids is 2. The summed E-state index contributed by atoms with van der Waals surface area (Å²) in [4.78, 5) is 42.1. The van der Waals surface area contributed by atoms with Crippen molar-refractivity contribution >= 4 is 49.1 Å². The molecule has 2 aliphatic heterocycles. The van der Waals surface area contributed by atoms with Crippen LogP contribution >= 0.6 is 11.3 Å². The van der Waals surface area contributed by atoms with Crippen LogP contribution in [0.25, 0.3) is 10.4 Å². The molecule has 3 atom stereocenters. The molecule has 4 heterocycles. The van der Waals surface area contributed by atoms with Gasteiger partial charge in [-0.25, -0.2) is 18.2 Å². The van der Waals surface area contributed by atoms with E-state index in [1.807, 2.05) is 0 Å². The van der Waals surface area contributed by atoms with Crippen LogP contribution in [0, 0.1) is 16.0 Å². The summed E-state index contributed by atoms with van der Waals surface area (Å²) < 4.78 is 31.2. The number of hydrogen-bond donors (Lipinski definition) is 1. The van der Waals surface area contributed by atoms with Crippen molar-refractivity contribution in [3.8, 4) is 0 Å². The van der Waals surface area contributed by atoms with E-state index < -0.39 is 44.7 Å². The van der Waals surface area contributed by atoms with Crippen LogP contribution in [0.15, 0.2) is 46.7 Å². The minimum Gasteiger partial charge on any atom is -0.456 e. The van der Waals surface area contributed by atoms with Gasteiger partial charge < -0.3 is 14.7 Å². The molecule has 0 saturated carbocycles. The van der Waals surface area contributed by atoms with Crippen LogP contribution in [-0.4, -0.2) is 63.0 Å². The predicted molar refractivity (Wildman–Crippen MR) is 126 cm³/mol. The number of esters is 1. The number of imidazole rings is 1. The lowest BCUT2D eigenvalue weighted by Crippen LogP contribution is -2.61. The van der Waals surface area contributed by atoms with Gasteiger partial charge in [0, 0.05) is 29.3 Å². The molecule has 0 radical (unpaired) electrons. The van der Waals surface area contributed by atoms with Crippen LogP contribution in [0.2, 0.25) is 0 Å². The fourth-order valence-electron chi connectivity index (χ4n) is 4.66. The molecule has 0 bridgehead atoms. The predicted octanol–water partition coefficient (Wildman–Crippen LogP) is 1.77. The third-order valence-corrected chi connectivity index (χ3v) is 8.42. The lowest BCUT2D eigenvalue weighted by Gasteiger charge is -2.44. The highest BCUT2D eigenvalue weighted by Crippen LogP contribution is 2.48. The van der Waals surface area contributed by atoms with Crippen molar-refractivity contribution in [3.63, 3.8) is 0 Å². The Labute approximate surface area is 208 Å². The van der Waals surface area contributed by atoms with E-state index in [-0.39, 0.29) is 29.4 Å². The maximum absolute atomic E-state index is 13.2. The van der Waals surface area contributed by atoms with Crippen molar-refractivity contribution in [2.24, 2.45) is 5.92 Å². The Balaban J connectivity index is 1.50. The molecule has 1 saturated heterocycles. The Morgan fingerprint density at radius 1 is 1.36 bits per heavy atom. The number of fused-ring (bicyclic) bond motifs is 2. The van der Waals surface area contributed by atoms with Gasteiger partial charge in [0.25, 0.3) is 5.69 Å². The van der Waals surface area contributed by atoms with E-state index in [0.717, 1.165) is 17.6 Å². The Morgan fingerprint density at radius 3 is 2.67 bits per heavy atom. The number of hydrogen-bond acceptors (Lipinski definition) is 10. The van der Waals surface area contributed by atoms with E-state index >= 15 is 0 Å². The van der Waals surface area contributed by atoms with Crippen LogP contribution in [-0.2, 0) is 30.8 Å². The summed E-state index contributed by atoms with van der Waals surface area (Å²) in [5, 5.41) is 22.6. The first-order valence-electron chi connectivity index (χ1n) is 10.8. The molecule has 0 aliphatic carbocycles. The topological polar surface area (TPSA) is 161 Å². The first kappa shape index (κ1) is 24.1. The Morgan fingerprint density at radius 2 is 2.06 bits per heavy atom. The zero-order chi connectivity index (χ0) is 25.9. The number of aliphatic hydroxyl groups excluding tert-OH is 1. The highest BCUT2D eigenvalue weighted by molar-refractivity contribution is 7.91. The second-order valence-corrected chi connectivity index (χ2v) is 11.5. The number of benzene rings is 1. The summed E-state index contributed by atoms with van der Waals surface area (Å²) in [5.41, 5.74) is 1.44. The van der Waals surface area contributed by atoms with Gasteiger partial charge in [0.05, 0.1) is 28.7 Å². The van der Waals surface area contributed by atoms with Gasteiger partial charge in [-0.05, 0) is 31.0 Å². The van der Waals surface area contributed by atoms with Crippen molar-refractivity contribution in [1.29, 1.82) is 0 Å². The fraction of sp³-hybridized carbons (Fsp3) is 0.318. The molecular formula is C22H20N4O8S2. The van der Waals surface area contributed by atoms with E-state index in [1.54, 1.807) is 9.78 Å². The summed E-state index contributed by atoms with van der Waals surface area (Å²) in [5.74, 6) is -1.85. The van der Waals surface area contributed by atoms with Gasteiger partial charge in [-0.3, -0.25) is 19.3 Å². The fourth-order valence-corrected chi connectivity index (χ4v) is 6.80. The molecule has 2 aromatic heterocycles. The van der Waals surface area contributed by atoms with Crippen molar-refractivity contribution in [2.75, 3.05) is 6.26 Å². The number of sulfone groups is 1. The molecule has 14 heteroatoms. The number of ether oxygens (including phenoxy) is 1. The molecule has 2 aliphatic rings. The lowest BCUT2D eigenvalue weighted by atomic mass is 9.83. The lowest BCUT2D eigenvalue weighted by molar-refractivity contribution is -0.384. The number of aliphatic hydroxyl groups is 1. The monoisotopic (exact) mass is 532 g/mol. The molecule has 36 heavy (non-hydrogen) atoms. The number of nitro benzene ring substituents is 1. The van der Waals surface area contributed by atoms with Crippen molar-refractivity contribution in [1.82, 2.24) is 14.3 Å². The number of β-lactam (4-membered cyclic amide) rings is 1. The van der Waals surface area contributed by atoms with Crippen molar-refractivity contribution < 1.29 is 32.8 Å². The highest BCUT2D eigenvalue weighted by Gasteiger charge is 2.57. The van der Waals surface area contributed by atoms with Crippen molar-refractivity contribution in [2.45, 2.75) is 37.1 Å². The summed E-state index contributed by atoms with van der Waals surface area (Å²) in [7, 11) is -3.58. The summed E-state index contributed by atoms with van der Waals surface area (Å²) in [6.07, 6.45) is 1.76. The normalized spacial score (nSPS) is 20.4. The SMILES string of the molecule is C[C@@H](O)[C@H]1C(=O)N2C(C(=O)OCc3ccc([N+](=O)[O-])cc3)=C(c3csc4c(S(C)(=O)=O)ncn34)C[C@H]12. The molecule has 0 unspecified atom stereocenters. The Bertz CT molecular complexity index is 1550. The van der Waals surface area contributed by atoms with Crippen LogP contribution in [0.5, 0.6) is 0 Å². The molecule has 1 fully saturated rings. The van der Waals surface area contributed by atoms with Crippen LogP contribution in [0.4, 0.5) is 5.69 Å². The standard InChI is InChI=1S/C22H20N4O8S2/c1-11(27)17-15-7-14(16-9-35-21-19(36(2,32)33)23-10-24(16)21)18(25(15)20(17)28)22(29)34-8-12-3-5-13(6-4-12)26(30)31/h3-6,9-11,15,17,27H,7-8H2,1-2H3/t11-,15-,17-/m1/s1. The van der Waals surface area contributed by atoms with E-state index in [9.17, 15) is 33.2 Å². The van der Waals surface area contributed by atoms with Gasteiger partial charge in [-0.1, -0.05) is 0 Å². The minimum atomic E-state index is -3.58. The van der Waals surface area contributed by atoms with E-state index in [2.05, 4.69) is 4.98 Å². The summed E-state index contributed by atoms with van der Waals surface area (Å²) >= 11 is 1.15. The molecule has 188 valence electrons. The number of nitrogens with zero attached hydrogens (tertiary/aromatic N) is 4. The number of amides is 1. The molecular weight excluding hydrogens is 512 g/mol. The zero-order valence-electron chi connectivity index (χ0n) is 19.0. The zero-order valence-corrected chi connectivity index (χ0v) is 20.7. The highest BCUT2D eigenvalue weighted by atomic mass is 32.2. The second-order valence-electron chi connectivity index (χ2n) is 8.69. The number of non-ortho nitro benzene ring substituents is 1. The number of thiazole rings is 1. The average molecular weight is 533 g/mol. The largest absolute Gasteiger partial charge is 0.456 e. The number of aromatic nitrogens is 2. The van der Waals surface area contributed by atoms with Crippen molar-refractivity contribution in [3.05, 3.63) is 63.0 Å². The minimum absolute atomic E-state index is 0.0260. The second kappa shape index (κ2) is 8.50. The molecule has 1 aromatic carbocycles. The average Bonchev–Trinajstić information content (AvgIpc) is 3.48. The maximum atomic E-state index is 13.2. The third-order valence-electron chi connectivity index (χ3n) is 6.33. The molecule has 1 N–H and O–H groups in total. The smallest absolute Gasteiger partial charge is 0.355 e. The molecule has 0 spiro atoms. The van der Waals surface area contributed by atoms with E-state index in [4.69, 9.17) is 4.74 Å². The quantitative estimate of drug-likeness (QED) is 0.207. The molecule has 12 nitrogen and oxygen atoms in total. The Kier molecular flexibility index (Phi) is 5.69. The first-order valence-corrected chi connectivity index (χ1v) is 13.6. The summed E-state index contributed by atoms with van der Waals surface area (Å²) in [6.45, 7) is 1.34. The van der Waals surface area contributed by atoms with E-state index in [1.165, 1.54) is 42.4 Å². The van der Waals surface area contributed by atoms with Gasteiger partial charge in [-0.2, -0.15) is 0 Å². The molecule has 1 amide bonds. The maximum Gasteiger partial charge on any atom is 0.355 e. The van der Waals surface area contributed by atoms with E-state index in [0.29, 0.717) is 21.7 Å². The Hall–Kier alpha value is -3.62. The van der Waals surface area contributed by atoms with Crippen LogP contribution in [0.3, 0.4) is 0 Å². The van der Waals surface area contributed by atoms with Gasteiger partial charge in [0.2, 0.25) is 5.91 Å². The molecule has 3 aromatic rings. The first-order chi connectivity index (χ1) is 17.0. The van der Waals surface area contributed by atoms with Gasteiger partial charge in [0.15, 0.2) is 14.9 Å². The number of carbonyl (C=O) groups is 2. The number of rotatable bonds is 7. The summed E-state index contributed by atoms with van der Waals surface area (Å²) in [6, 6.07) is 5.09. The van der Waals surface area contributed by atoms with Crippen LogP contribution in [0.1, 0.15) is 24.6 Å². The van der Waals surface area contributed by atoms with Gasteiger partial charge >= 0.3 is 5.97 Å². The number of nitro groups is 1. The van der Waals surface area contributed by atoms with Gasteiger partial charge in [0.1, 0.15) is 23.5 Å². The van der Waals surface area contributed by atoms with Crippen LogP contribution < -0.4 is 0 Å². The molecule has 5 rings (SSSR count). The van der Waals surface area contributed by atoms with Gasteiger partial charge in [-0.15, -0.1) is 11.3 Å². The third kappa shape index (κ3) is 3.77.